The molecule has 0 aliphatic carbocycles. The third-order valence-corrected chi connectivity index (χ3v) is 1.82. The van der Waals surface area contributed by atoms with Gasteiger partial charge in [-0.2, -0.15) is 0 Å². The van der Waals surface area contributed by atoms with Gasteiger partial charge in [0.25, 0.3) is 0 Å². The van der Waals surface area contributed by atoms with Crippen molar-refractivity contribution in [2.45, 2.75) is 13.5 Å². The average Bonchev–Trinajstić information content (AvgIpc) is 2.52. The van der Waals surface area contributed by atoms with E-state index in [4.69, 9.17) is 4.74 Å². The van der Waals surface area contributed by atoms with Gasteiger partial charge in [0.15, 0.2) is 6.29 Å². The number of hydrogen-bond donors (Lipinski definition) is 0. The van der Waals surface area contributed by atoms with E-state index in [0.29, 0.717) is 18.2 Å². The van der Waals surface area contributed by atoms with Crippen LogP contribution in [0, 0.1) is 5.92 Å². The zero-order valence-corrected chi connectivity index (χ0v) is 7.93. The van der Waals surface area contributed by atoms with E-state index in [9.17, 15) is 4.79 Å². The van der Waals surface area contributed by atoms with Crippen LogP contribution in [0.3, 0.4) is 0 Å². The first-order valence-electron chi connectivity index (χ1n) is 4.22. The molecule has 1 unspecified atom stereocenters. The Balaban J connectivity index is 2.57. The van der Waals surface area contributed by atoms with E-state index in [0.717, 1.165) is 12.8 Å². The summed E-state index contributed by atoms with van der Waals surface area (Å²) in [7, 11) is 1.67. The number of carbonyl (C=O) groups is 1. The Morgan fingerprint density at radius 2 is 2.54 bits per heavy atom. The second-order valence-corrected chi connectivity index (χ2v) is 3.15. The summed E-state index contributed by atoms with van der Waals surface area (Å²) in [6.45, 7) is 3.52. The van der Waals surface area contributed by atoms with Gasteiger partial charge in [-0.3, -0.25) is 4.79 Å². The summed E-state index contributed by atoms with van der Waals surface area (Å²) in [5.41, 5.74) is 0.614. The van der Waals surface area contributed by atoms with E-state index in [1.165, 1.54) is 0 Å². The van der Waals surface area contributed by atoms with Crippen LogP contribution in [0.25, 0.3) is 0 Å². The van der Waals surface area contributed by atoms with Crippen molar-refractivity contribution in [3.8, 4) is 0 Å². The van der Waals surface area contributed by atoms with Gasteiger partial charge < -0.3 is 9.30 Å². The molecule has 1 rings (SSSR count). The molecular weight excluding hydrogens is 168 g/mol. The lowest BCUT2D eigenvalue weighted by molar-refractivity contribution is 0.111. The molecule has 72 valence electrons. The maximum Gasteiger partial charge on any atom is 0.168 e. The minimum atomic E-state index is 0.387. The van der Waals surface area contributed by atoms with Gasteiger partial charge in [-0.05, 0) is 5.92 Å². The number of imidazole rings is 1. The Morgan fingerprint density at radius 3 is 3.15 bits per heavy atom. The lowest BCUT2D eigenvalue weighted by Crippen LogP contribution is -2.13. The summed E-state index contributed by atoms with van der Waals surface area (Å²) in [6.07, 6.45) is 4.04. The van der Waals surface area contributed by atoms with Crippen LogP contribution in [0.4, 0.5) is 0 Å². The van der Waals surface area contributed by atoms with Crippen molar-refractivity contribution in [1.29, 1.82) is 0 Å². The van der Waals surface area contributed by atoms with Crippen molar-refractivity contribution < 1.29 is 9.53 Å². The van der Waals surface area contributed by atoms with Crippen LogP contribution in [-0.2, 0) is 11.3 Å². The van der Waals surface area contributed by atoms with Crippen LogP contribution >= 0.6 is 0 Å². The summed E-state index contributed by atoms with van der Waals surface area (Å²) in [4.78, 5) is 14.4. The van der Waals surface area contributed by atoms with E-state index in [-0.39, 0.29) is 0 Å². The number of carbonyl (C=O) groups excluding carboxylic acids is 1. The number of ether oxygens (including phenoxy) is 1. The topological polar surface area (TPSA) is 44.1 Å². The molecule has 0 saturated carbocycles. The highest BCUT2D eigenvalue weighted by Gasteiger charge is 2.05. The van der Waals surface area contributed by atoms with Gasteiger partial charge in [0.05, 0.1) is 19.1 Å². The van der Waals surface area contributed by atoms with Crippen LogP contribution in [0.15, 0.2) is 12.5 Å². The van der Waals surface area contributed by atoms with E-state index >= 15 is 0 Å². The molecule has 1 atom stereocenters. The predicted octanol–water partition coefficient (Wildman–Crippen LogP) is 0.978. The van der Waals surface area contributed by atoms with E-state index < -0.39 is 0 Å². The van der Waals surface area contributed by atoms with Crippen molar-refractivity contribution in [2.75, 3.05) is 13.7 Å². The molecule has 1 aromatic rings. The SMILES string of the molecule is COCC(C)Cn1cncc1C=O. The van der Waals surface area contributed by atoms with Crippen molar-refractivity contribution in [2.24, 2.45) is 5.92 Å². The zero-order valence-electron chi connectivity index (χ0n) is 7.93. The summed E-state index contributed by atoms with van der Waals surface area (Å²) in [5, 5.41) is 0. The van der Waals surface area contributed by atoms with Crippen molar-refractivity contribution in [1.82, 2.24) is 9.55 Å². The second-order valence-electron chi connectivity index (χ2n) is 3.15. The minimum Gasteiger partial charge on any atom is -0.384 e. The van der Waals surface area contributed by atoms with Crippen LogP contribution in [0.1, 0.15) is 17.4 Å². The van der Waals surface area contributed by atoms with E-state index in [1.807, 2.05) is 4.57 Å². The number of methoxy groups -OCH3 is 1. The first-order chi connectivity index (χ1) is 6.27. The van der Waals surface area contributed by atoms with E-state index in [1.54, 1.807) is 19.6 Å². The highest BCUT2D eigenvalue weighted by Crippen LogP contribution is 2.03. The smallest absolute Gasteiger partial charge is 0.168 e. The van der Waals surface area contributed by atoms with Gasteiger partial charge in [0, 0.05) is 13.7 Å². The molecule has 0 saturated heterocycles. The molecule has 0 radical (unpaired) electrons. The predicted molar refractivity (Wildman–Crippen MR) is 48.7 cm³/mol. The number of hydrogen-bond acceptors (Lipinski definition) is 3. The average molecular weight is 182 g/mol. The fourth-order valence-electron chi connectivity index (χ4n) is 1.25. The van der Waals surface area contributed by atoms with Gasteiger partial charge >= 0.3 is 0 Å². The highest BCUT2D eigenvalue weighted by atomic mass is 16.5. The fourth-order valence-corrected chi connectivity index (χ4v) is 1.25. The molecule has 0 spiro atoms. The van der Waals surface area contributed by atoms with E-state index in [2.05, 4.69) is 11.9 Å². The molecule has 0 fully saturated rings. The normalized spacial score (nSPS) is 12.8. The molecule has 0 amide bonds. The quantitative estimate of drug-likeness (QED) is 0.637. The van der Waals surface area contributed by atoms with Gasteiger partial charge in [0.2, 0.25) is 0 Å². The summed E-state index contributed by atoms with van der Waals surface area (Å²) >= 11 is 0. The maximum atomic E-state index is 10.5. The molecule has 0 aromatic carbocycles. The standard InChI is InChI=1S/C9H14N2O2/c1-8(6-13-2)4-11-7-10-3-9(11)5-12/h3,5,7-8H,4,6H2,1-2H3. The first-order valence-corrected chi connectivity index (χ1v) is 4.22. The Hall–Kier alpha value is -1.16. The molecule has 1 aromatic heterocycles. The molecule has 0 aliphatic heterocycles. The molecular formula is C9H14N2O2. The Labute approximate surface area is 77.5 Å². The van der Waals surface area contributed by atoms with Gasteiger partial charge in [-0.25, -0.2) is 4.98 Å². The lowest BCUT2D eigenvalue weighted by atomic mass is 10.2. The molecule has 13 heavy (non-hydrogen) atoms. The molecule has 0 N–H and O–H groups in total. The van der Waals surface area contributed by atoms with Crippen LogP contribution in [0.2, 0.25) is 0 Å². The van der Waals surface area contributed by atoms with Crippen molar-refractivity contribution >= 4 is 6.29 Å². The van der Waals surface area contributed by atoms with Crippen LogP contribution in [0.5, 0.6) is 0 Å². The fraction of sp³-hybridized carbons (Fsp3) is 0.556. The Kier molecular flexibility index (Phi) is 3.64. The Bertz CT molecular complexity index is 270. The molecule has 4 nitrogen and oxygen atoms in total. The summed E-state index contributed by atoms with van der Waals surface area (Å²) < 4.78 is 6.83. The van der Waals surface area contributed by atoms with Crippen LogP contribution < -0.4 is 0 Å². The monoisotopic (exact) mass is 182 g/mol. The maximum absolute atomic E-state index is 10.5. The molecule has 0 bridgehead atoms. The van der Waals surface area contributed by atoms with Gasteiger partial charge in [0.1, 0.15) is 5.69 Å². The highest BCUT2D eigenvalue weighted by molar-refractivity contribution is 5.71. The number of aldehydes is 1. The zero-order chi connectivity index (χ0) is 9.68. The number of rotatable bonds is 5. The molecule has 1 heterocycles. The second kappa shape index (κ2) is 4.77. The van der Waals surface area contributed by atoms with Crippen molar-refractivity contribution in [3.05, 3.63) is 18.2 Å². The van der Waals surface area contributed by atoms with Crippen molar-refractivity contribution in [3.63, 3.8) is 0 Å². The third kappa shape index (κ3) is 2.66. The molecule has 0 aliphatic rings. The van der Waals surface area contributed by atoms with Gasteiger partial charge in [-0.15, -0.1) is 0 Å². The lowest BCUT2D eigenvalue weighted by Gasteiger charge is -2.11. The number of aromatic nitrogens is 2. The summed E-state index contributed by atoms with van der Waals surface area (Å²) in [5.74, 6) is 0.387. The summed E-state index contributed by atoms with van der Waals surface area (Å²) in [6, 6.07) is 0. The Morgan fingerprint density at radius 1 is 1.77 bits per heavy atom. The first kappa shape index (κ1) is 9.92. The molecule has 4 heteroatoms. The largest absolute Gasteiger partial charge is 0.384 e. The third-order valence-electron chi connectivity index (χ3n) is 1.82. The minimum absolute atomic E-state index is 0.387. The van der Waals surface area contributed by atoms with Gasteiger partial charge in [-0.1, -0.05) is 6.92 Å². The number of nitrogens with zero attached hydrogens (tertiary/aromatic N) is 2. The van der Waals surface area contributed by atoms with Crippen LogP contribution in [-0.4, -0.2) is 29.6 Å².